The number of amides is 2. The van der Waals surface area contributed by atoms with Gasteiger partial charge in [0.05, 0.1) is 25.2 Å². The lowest BCUT2D eigenvalue weighted by Gasteiger charge is -2.19. The Morgan fingerprint density at radius 3 is 2.65 bits per heavy atom. The monoisotopic (exact) mass is 473 g/mol. The number of hydrogen-bond donors (Lipinski definition) is 1. The molecule has 1 aliphatic heterocycles. The average molecular weight is 474 g/mol. The molecule has 8 heteroatoms. The number of anilines is 1. The molecule has 7 nitrogen and oxygen atoms in total. The number of aryl methyl sites for hydroxylation is 1. The fourth-order valence-electron chi connectivity index (χ4n) is 3.68. The van der Waals surface area contributed by atoms with E-state index in [1.807, 2.05) is 37.3 Å². The molecule has 0 radical (unpaired) electrons. The zero-order chi connectivity index (χ0) is 24.1. The van der Waals surface area contributed by atoms with Crippen molar-refractivity contribution in [3.8, 4) is 11.8 Å². The topological polar surface area (TPSA) is 95.6 Å². The number of carbonyl (C=O) groups is 2. The third kappa shape index (κ3) is 5.00. The van der Waals surface area contributed by atoms with Crippen molar-refractivity contribution in [1.29, 1.82) is 5.26 Å². The van der Waals surface area contributed by atoms with E-state index in [9.17, 15) is 14.9 Å². The van der Waals surface area contributed by atoms with Crippen LogP contribution >= 0.6 is 11.8 Å². The van der Waals surface area contributed by atoms with Gasteiger partial charge < -0.3 is 14.5 Å². The summed E-state index contributed by atoms with van der Waals surface area (Å²) in [4.78, 5) is 27.9. The standard InChI is InChI=1S/C26H23N3O4S/c1-17-5-3-6-18(13-17)14-23-25(31)29(19-8-10-20(32-2)11-9-19)26(34-23)22(15-27)24(30)28-16-21-7-4-12-33-21/h3-13,23H,14,16H2,1-2H3,(H,28,30)/b26-22-. The van der Waals surface area contributed by atoms with Crippen LogP contribution in [0.25, 0.3) is 0 Å². The van der Waals surface area contributed by atoms with Gasteiger partial charge in [-0.3, -0.25) is 14.5 Å². The average Bonchev–Trinajstić information content (AvgIpc) is 3.47. The fourth-order valence-corrected chi connectivity index (χ4v) is 4.98. The maximum atomic E-state index is 13.5. The summed E-state index contributed by atoms with van der Waals surface area (Å²) in [6, 6.07) is 20.4. The Bertz CT molecular complexity index is 1260. The number of benzene rings is 2. The highest BCUT2D eigenvalue weighted by molar-refractivity contribution is 8.05. The molecule has 4 rings (SSSR count). The summed E-state index contributed by atoms with van der Waals surface area (Å²) in [7, 11) is 1.56. The first kappa shape index (κ1) is 23.2. The van der Waals surface area contributed by atoms with Crippen molar-refractivity contribution in [3.63, 3.8) is 0 Å². The highest BCUT2D eigenvalue weighted by Crippen LogP contribution is 2.42. The predicted molar refractivity (Wildman–Crippen MR) is 130 cm³/mol. The number of rotatable bonds is 7. The van der Waals surface area contributed by atoms with E-state index in [-0.39, 0.29) is 18.0 Å². The Balaban J connectivity index is 1.68. The minimum absolute atomic E-state index is 0.118. The van der Waals surface area contributed by atoms with Gasteiger partial charge in [-0.25, -0.2) is 0 Å². The Labute approximate surface area is 202 Å². The molecule has 3 aromatic rings. The van der Waals surface area contributed by atoms with Gasteiger partial charge in [-0.1, -0.05) is 41.6 Å². The second kappa shape index (κ2) is 10.3. The number of nitrogens with zero attached hydrogens (tertiary/aromatic N) is 2. The number of methoxy groups -OCH3 is 1. The van der Waals surface area contributed by atoms with Crippen molar-refractivity contribution in [2.24, 2.45) is 0 Å². The second-order valence-electron chi connectivity index (χ2n) is 7.73. The van der Waals surface area contributed by atoms with Crippen molar-refractivity contribution in [3.05, 3.63) is 94.4 Å². The molecular weight excluding hydrogens is 450 g/mol. The van der Waals surface area contributed by atoms with Gasteiger partial charge in [0, 0.05) is 5.69 Å². The predicted octanol–water partition coefficient (Wildman–Crippen LogP) is 4.34. The Kier molecular flexibility index (Phi) is 7.04. The van der Waals surface area contributed by atoms with Crippen LogP contribution in [0.4, 0.5) is 5.69 Å². The highest BCUT2D eigenvalue weighted by Gasteiger charge is 2.40. The van der Waals surface area contributed by atoms with Crippen LogP contribution in [-0.2, 0) is 22.6 Å². The van der Waals surface area contributed by atoms with Crippen molar-refractivity contribution >= 4 is 29.3 Å². The van der Waals surface area contributed by atoms with Gasteiger partial charge in [0.2, 0.25) is 5.91 Å². The van der Waals surface area contributed by atoms with Crippen LogP contribution in [-0.4, -0.2) is 24.2 Å². The van der Waals surface area contributed by atoms with Crippen LogP contribution < -0.4 is 15.0 Å². The van der Waals surface area contributed by atoms with Gasteiger partial charge in [0.1, 0.15) is 28.2 Å². The first-order valence-corrected chi connectivity index (χ1v) is 11.5. The van der Waals surface area contributed by atoms with Gasteiger partial charge in [0.15, 0.2) is 0 Å². The van der Waals surface area contributed by atoms with Crippen molar-refractivity contribution in [1.82, 2.24) is 5.32 Å². The van der Waals surface area contributed by atoms with E-state index >= 15 is 0 Å². The van der Waals surface area contributed by atoms with Crippen LogP contribution in [0.3, 0.4) is 0 Å². The van der Waals surface area contributed by atoms with Gasteiger partial charge in [-0.15, -0.1) is 0 Å². The number of nitriles is 1. The summed E-state index contributed by atoms with van der Waals surface area (Å²) in [5.74, 6) is 0.457. The molecule has 172 valence electrons. The normalized spacial score (nSPS) is 16.8. The summed E-state index contributed by atoms with van der Waals surface area (Å²) in [5.41, 5.74) is 2.56. The Morgan fingerprint density at radius 1 is 1.21 bits per heavy atom. The molecule has 2 aromatic carbocycles. The van der Waals surface area contributed by atoms with Gasteiger partial charge in [0.25, 0.3) is 5.91 Å². The minimum atomic E-state index is -0.566. The maximum absolute atomic E-state index is 13.5. The third-order valence-electron chi connectivity index (χ3n) is 5.34. The number of nitrogens with one attached hydrogen (secondary N) is 1. The summed E-state index contributed by atoms with van der Waals surface area (Å²) >= 11 is 1.23. The lowest BCUT2D eigenvalue weighted by molar-refractivity contribution is -0.117. The molecule has 0 spiro atoms. The molecular formula is C26H23N3O4S. The van der Waals surface area contributed by atoms with Crippen LogP contribution in [0.2, 0.25) is 0 Å². The van der Waals surface area contributed by atoms with E-state index in [0.29, 0.717) is 28.6 Å². The fraction of sp³-hybridized carbons (Fsp3) is 0.192. The van der Waals surface area contributed by atoms with Gasteiger partial charge >= 0.3 is 0 Å². The van der Waals surface area contributed by atoms with Crippen molar-refractivity contribution in [2.45, 2.75) is 25.1 Å². The molecule has 1 saturated heterocycles. The molecule has 0 bridgehead atoms. The summed E-state index contributed by atoms with van der Waals surface area (Å²) < 4.78 is 10.5. The number of thioether (sulfide) groups is 1. The zero-order valence-corrected chi connectivity index (χ0v) is 19.6. The molecule has 2 amide bonds. The number of ether oxygens (including phenoxy) is 1. The molecule has 1 unspecified atom stereocenters. The number of carbonyl (C=O) groups excluding carboxylic acids is 2. The van der Waals surface area contributed by atoms with Crippen LogP contribution in [0.5, 0.6) is 5.75 Å². The van der Waals surface area contributed by atoms with Crippen LogP contribution in [0.1, 0.15) is 16.9 Å². The van der Waals surface area contributed by atoms with Crippen molar-refractivity contribution in [2.75, 3.05) is 12.0 Å². The van der Waals surface area contributed by atoms with Crippen LogP contribution in [0, 0.1) is 18.3 Å². The van der Waals surface area contributed by atoms with Gasteiger partial charge in [-0.05, 0) is 55.3 Å². The molecule has 1 fully saturated rings. The van der Waals surface area contributed by atoms with Gasteiger partial charge in [-0.2, -0.15) is 5.26 Å². The third-order valence-corrected chi connectivity index (χ3v) is 6.61. The molecule has 2 heterocycles. The Hall–Kier alpha value is -3.96. The van der Waals surface area contributed by atoms with Crippen molar-refractivity contribution < 1.29 is 18.7 Å². The SMILES string of the molecule is COc1ccc(N2C(=O)C(Cc3cccc(C)c3)S/C2=C(/C#N)C(=O)NCc2ccco2)cc1. The second-order valence-corrected chi connectivity index (χ2v) is 8.92. The highest BCUT2D eigenvalue weighted by atomic mass is 32.2. The molecule has 34 heavy (non-hydrogen) atoms. The van der Waals surface area contributed by atoms with E-state index in [4.69, 9.17) is 9.15 Å². The first-order valence-electron chi connectivity index (χ1n) is 10.7. The summed E-state index contributed by atoms with van der Waals surface area (Å²) in [5, 5.41) is 12.4. The molecule has 0 aliphatic carbocycles. The summed E-state index contributed by atoms with van der Waals surface area (Å²) in [6.45, 7) is 2.14. The molecule has 1 aliphatic rings. The van der Waals surface area contributed by atoms with E-state index in [1.165, 1.54) is 22.9 Å². The van der Waals surface area contributed by atoms with Crippen LogP contribution in [0.15, 0.2) is 81.9 Å². The quantitative estimate of drug-likeness (QED) is 0.405. The number of hydrogen-bond acceptors (Lipinski definition) is 6. The molecule has 1 aromatic heterocycles. The maximum Gasteiger partial charge on any atom is 0.265 e. The first-order chi connectivity index (χ1) is 16.5. The molecule has 1 atom stereocenters. The lowest BCUT2D eigenvalue weighted by atomic mass is 10.1. The zero-order valence-electron chi connectivity index (χ0n) is 18.8. The molecule has 1 N–H and O–H groups in total. The smallest absolute Gasteiger partial charge is 0.265 e. The molecule has 0 saturated carbocycles. The lowest BCUT2D eigenvalue weighted by Crippen LogP contribution is -2.32. The van der Waals surface area contributed by atoms with E-state index in [0.717, 1.165) is 11.1 Å². The number of furan rings is 1. The van der Waals surface area contributed by atoms with E-state index in [1.54, 1.807) is 43.5 Å². The summed E-state index contributed by atoms with van der Waals surface area (Å²) in [6.07, 6.45) is 1.99. The largest absolute Gasteiger partial charge is 0.497 e. The van der Waals surface area contributed by atoms with E-state index in [2.05, 4.69) is 5.32 Å². The Morgan fingerprint density at radius 2 is 2.00 bits per heavy atom. The van der Waals surface area contributed by atoms with E-state index < -0.39 is 11.2 Å². The minimum Gasteiger partial charge on any atom is -0.497 e.